The molecule has 0 unspecified atom stereocenters. The molecule has 0 aliphatic heterocycles. The van der Waals surface area contributed by atoms with Crippen LogP contribution in [0.4, 0.5) is 0 Å². The molecule has 58 valence electrons. The zero-order valence-electron chi connectivity index (χ0n) is 6.78. The zero-order valence-corrected chi connectivity index (χ0v) is 6.78. The van der Waals surface area contributed by atoms with E-state index in [-0.39, 0.29) is 7.12 Å². The summed E-state index contributed by atoms with van der Waals surface area (Å²) in [5.74, 6) is 0.835. The fraction of sp³-hybridized carbons (Fsp3) is 0.250. The lowest BCUT2D eigenvalue weighted by Gasteiger charge is -2.07. The quantitative estimate of drug-likeness (QED) is 0.612. The van der Waals surface area contributed by atoms with Crippen LogP contribution in [0.3, 0.4) is 0 Å². The second-order valence-electron chi connectivity index (χ2n) is 2.23. The minimum Gasteiger partial charge on any atom is -0.536 e. The third-order valence-electron chi connectivity index (χ3n) is 1.38. The SMILES string of the molecule is COB(C)Oc1ccccc1. The predicted molar refractivity (Wildman–Crippen MR) is 45.7 cm³/mol. The Morgan fingerprint density at radius 1 is 1.18 bits per heavy atom. The van der Waals surface area contributed by atoms with Gasteiger partial charge in [0.2, 0.25) is 0 Å². The van der Waals surface area contributed by atoms with Crippen LogP contribution < -0.4 is 4.65 Å². The average molecular weight is 150 g/mol. The van der Waals surface area contributed by atoms with Crippen LogP contribution in [-0.2, 0) is 4.65 Å². The lowest BCUT2D eigenvalue weighted by atomic mass is 9.95. The zero-order chi connectivity index (χ0) is 8.10. The molecule has 0 amide bonds. The van der Waals surface area contributed by atoms with Gasteiger partial charge in [-0.2, -0.15) is 0 Å². The molecule has 0 saturated heterocycles. The van der Waals surface area contributed by atoms with Crippen LogP contribution in [0.15, 0.2) is 30.3 Å². The van der Waals surface area contributed by atoms with E-state index in [1.54, 1.807) is 7.11 Å². The minimum atomic E-state index is -0.183. The number of hydrogen-bond acceptors (Lipinski definition) is 2. The van der Waals surface area contributed by atoms with Gasteiger partial charge in [-0.25, -0.2) is 0 Å². The fourth-order valence-electron chi connectivity index (χ4n) is 0.739. The van der Waals surface area contributed by atoms with Crippen molar-refractivity contribution in [3.63, 3.8) is 0 Å². The third kappa shape index (κ3) is 2.64. The van der Waals surface area contributed by atoms with Gasteiger partial charge in [-0.3, -0.25) is 0 Å². The van der Waals surface area contributed by atoms with Gasteiger partial charge in [0.1, 0.15) is 5.75 Å². The van der Waals surface area contributed by atoms with Crippen molar-refractivity contribution >= 4 is 7.12 Å². The minimum absolute atomic E-state index is 0.183. The Kier molecular flexibility index (Phi) is 2.99. The van der Waals surface area contributed by atoms with Crippen LogP contribution in [0.5, 0.6) is 5.75 Å². The van der Waals surface area contributed by atoms with Crippen molar-refractivity contribution in [1.29, 1.82) is 0 Å². The van der Waals surface area contributed by atoms with Gasteiger partial charge in [0, 0.05) is 7.11 Å². The second kappa shape index (κ2) is 4.03. The van der Waals surface area contributed by atoms with Gasteiger partial charge in [-0.1, -0.05) is 18.2 Å². The van der Waals surface area contributed by atoms with Gasteiger partial charge in [0.15, 0.2) is 0 Å². The summed E-state index contributed by atoms with van der Waals surface area (Å²) in [6, 6.07) is 9.60. The van der Waals surface area contributed by atoms with E-state index in [9.17, 15) is 0 Å². The number of benzene rings is 1. The summed E-state index contributed by atoms with van der Waals surface area (Å²) >= 11 is 0. The molecule has 1 rings (SSSR count). The van der Waals surface area contributed by atoms with E-state index >= 15 is 0 Å². The molecule has 0 bridgehead atoms. The van der Waals surface area contributed by atoms with Crippen molar-refractivity contribution in [3.8, 4) is 5.75 Å². The predicted octanol–water partition coefficient (Wildman–Crippen LogP) is 1.83. The highest BCUT2D eigenvalue weighted by molar-refractivity contribution is 6.43. The largest absolute Gasteiger partial charge is 0.536 e. The summed E-state index contributed by atoms with van der Waals surface area (Å²) < 4.78 is 10.3. The smallest absolute Gasteiger partial charge is 0.521 e. The lowest BCUT2D eigenvalue weighted by molar-refractivity contribution is 0.341. The first-order valence-corrected chi connectivity index (χ1v) is 3.57. The van der Waals surface area contributed by atoms with Crippen molar-refractivity contribution < 1.29 is 9.31 Å². The van der Waals surface area contributed by atoms with E-state index < -0.39 is 0 Å². The monoisotopic (exact) mass is 150 g/mol. The van der Waals surface area contributed by atoms with E-state index in [1.807, 2.05) is 37.2 Å². The highest BCUT2D eigenvalue weighted by atomic mass is 16.6. The Labute approximate surface area is 67.3 Å². The molecule has 0 heterocycles. The van der Waals surface area contributed by atoms with Gasteiger partial charge in [-0.05, 0) is 19.0 Å². The molecule has 0 radical (unpaired) electrons. The van der Waals surface area contributed by atoms with Gasteiger partial charge in [-0.15, -0.1) is 0 Å². The Bertz CT molecular complexity index is 201. The third-order valence-corrected chi connectivity index (χ3v) is 1.38. The Hall–Kier alpha value is -0.955. The maximum Gasteiger partial charge on any atom is 0.521 e. The number of para-hydroxylation sites is 1. The molecule has 0 saturated carbocycles. The molecule has 1 aromatic carbocycles. The van der Waals surface area contributed by atoms with E-state index in [0.717, 1.165) is 5.75 Å². The molecule has 2 nitrogen and oxygen atoms in total. The van der Waals surface area contributed by atoms with E-state index in [0.29, 0.717) is 0 Å². The average Bonchev–Trinajstić information content (AvgIpc) is 2.06. The molecular formula is C8H11BO2. The molecule has 0 fully saturated rings. The van der Waals surface area contributed by atoms with Crippen LogP contribution in [-0.4, -0.2) is 14.2 Å². The van der Waals surface area contributed by atoms with Crippen LogP contribution >= 0.6 is 0 Å². The summed E-state index contributed by atoms with van der Waals surface area (Å²) in [5.41, 5.74) is 0. The molecular weight excluding hydrogens is 139 g/mol. The van der Waals surface area contributed by atoms with Gasteiger partial charge in [0.25, 0.3) is 0 Å². The van der Waals surface area contributed by atoms with Crippen molar-refractivity contribution in [2.24, 2.45) is 0 Å². The molecule has 0 aromatic heterocycles. The van der Waals surface area contributed by atoms with Crippen molar-refractivity contribution in [2.75, 3.05) is 7.11 Å². The summed E-state index contributed by atoms with van der Waals surface area (Å²) in [6.07, 6.45) is 0. The molecule has 0 N–H and O–H groups in total. The van der Waals surface area contributed by atoms with Gasteiger partial charge in [0.05, 0.1) is 0 Å². The molecule has 3 heteroatoms. The van der Waals surface area contributed by atoms with Crippen molar-refractivity contribution in [2.45, 2.75) is 6.82 Å². The van der Waals surface area contributed by atoms with E-state index in [1.165, 1.54) is 0 Å². The first-order chi connectivity index (χ1) is 5.33. The summed E-state index contributed by atoms with van der Waals surface area (Å²) in [6.45, 7) is 1.85. The molecule has 0 aliphatic rings. The maximum atomic E-state index is 5.34. The first-order valence-electron chi connectivity index (χ1n) is 3.57. The Morgan fingerprint density at radius 2 is 1.82 bits per heavy atom. The van der Waals surface area contributed by atoms with Crippen molar-refractivity contribution in [3.05, 3.63) is 30.3 Å². The van der Waals surface area contributed by atoms with E-state index in [2.05, 4.69) is 0 Å². The topological polar surface area (TPSA) is 18.5 Å². The lowest BCUT2D eigenvalue weighted by Crippen LogP contribution is -2.19. The normalized spacial score (nSPS) is 9.27. The number of rotatable bonds is 3. The molecule has 0 spiro atoms. The second-order valence-corrected chi connectivity index (χ2v) is 2.23. The first kappa shape index (κ1) is 8.14. The Morgan fingerprint density at radius 3 is 2.36 bits per heavy atom. The molecule has 1 aromatic rings. The summed E-state index contributed by atoms with van der Waals surface area (Å²) in [7, 11) is 1.44. The van der Waals surface area contributed by atoms with Crippen molar-refractivity contribution in [1.82, 2.24) is 0 Å². The maximum absolute atomic E-state index is 5.34. The van der Waals surface area contributed by atoms with Crippen LogP contribution in [0.25, 0.3) is 0 Å². The Balaban J connectivity index is 2.51. The molecule has 11 heavy (non-hydrogen) atoms. The van der Waals surface area contributed by atoms with Gasteiger partial charge >= 0.3 is 7.12 Å². The molecule has 0 aliphatic carbocycles. The molecule has 0 atom stereocenters. The van der Waals surface area contributed by atoms with Gasteiger partial charge < -0.3 is 9.31 Å². The fourth-order valence-corrected chi connectivity index (χ4v) is 0.739. The number of hydrogen-bond donors (Lipinski definition) is 0. The highest BCUT2D eigenvalue weighted by Gasteiger charge is 2.08. The standard InChI is InChI=1S/C8H11BO2/c1-9(10-2)11-8-6-4-3-5-7-8/h3-7H,1-2H3. The van der Waals surface area contributed by atoms with Crippen LogP contribution in [0.1, 0.15) is 0 Å². The summed E-state index contributed by atoms with van der Waals surface area (Å²) in [5, 5.41) is 0. The van der Waals surface area contributed by atoms with Crippen LogP contribution in [0.2, 0.25) is 6.82 Å². The summed E-state index contributed by atoms with van der Waals surface area (Å²) in [4.78, 5) is 0. The highest BCUT2D eigenvalue weighted by Crippen LogP contribution is 2.09. The van der Waals surface area contributed by atoms with Crippen LogP contribution in [0, 0.1) is 0 Å². The van der Waals surface area contributed by atoms with E-state index in [4.69, 9.17) is 9.31 Å².